The number of para-hydroxylation sites is 1. The molecule has 126 valence electrons. The monoisotopic (exact) mass is 322 g/mol. The average molecular weight is 322 g/mol. The van der Waals surface area contributed by atoms with Crippen molar-refractivity contribution in [3.05, 3.63) is 71.8 Å². The van der Waals surface area contributed by atoms with Crippen LogP contribution < -0.4 is 4.74 Å². The summed E-state index contributed by atoms with van der Waals surface area (Å²) in [5.74, 6) is 0.991. The van der Waals surface area contributed by atoms with Gasteiger partial charge in [0, 0.05) is 44.8 Å². The maximum atomic E-state index is 5.46. The van der Waals surface area contributed by atoms with Crippen molar-refractivity contribution >= 4 is 6.08 Å². The lowest BCUT2D eigenvalue weighted by molar-refractivity contribution is 0.136. The van der Waals surface area contributed by atoms with Crippen LogP contribution in [-0.2, 0) is 6.54 Å². The van der Waals surface area contributed by atoms with Gasteiger partial charge in [0.2, 0.25) is 0 Å². The Bertz CT molecular complexity index is 646. The van der Waals surface area contributed by atoms with Crippen LogP contribution in [0.4, 0.5) is 0 Å². The van der Waals surface area contributed by atoms with Gasteiger partial charge in [-0.05, 0) is 11.6 Å². The van der Waals surface area contributed by atoms with Crippen LogP contribution in [0.25, 0.3) is 6.08 Å². The first-order chi connectivity index (χ1) is 11.8. The molecule has 0 aliphatic carbocycles. The molecule has 1 fully saturated rings. The van der Waals surface area contributed by atoms with Gasteiger partial charge in [-0.3, -0.25) is 9.80 Å². The third-order valence-electron chi connectivity index (χ3n) is 4.52. The quantitative estimate of drug-likeness (QED) is 0.809. The van der Waals surface area contributed by atoms with E-state index in [2.05, 4.69) is 64.4 Å². The fourth-order valence-electron chi connectivity index (χ4n) is 3.11. The highest BCUT2D eigenvalue weighted by molar-refractivity contribution is 5.48. The summed E-state index contributed by atoms with van der Waals surface area (Å²) in [6.07, 6.45) is 4.48. The zero-order valence-electron chi connectivity index (χ0n) is 14.4. The van der Waals surface area contributed by atoms with E-state index in [-0.39, 0.29) is 0 Å². The minimum atomic E-state index is 0.970. The van der Waals surface area contributed by atoms with Gasteiger partial charge in [-0.25, -0.2) is 0 Å². The van der Waals surface area contributed by atoms with Crippen LogP contribution in [0.2, 0.25) is 0 Å². The summed E-state index contributed by atoms with van der Waals surface area (Å²) in [6, 6.07) is 18.8. The number of nitrogens with zero attached hydrogens (tertiary/aromatic N) is 2. The van der Waals surface area contributed by atoms with E-state index in [1.165, 1.54) is 11.1 Å². The number of hydrogen-bond donors (Lipinski definition) is 0. The van der Waals surface area contributed by atoms with Gasteiger partial charge in [0.25, 0.3) is 0 Å². The summed E-state index contributed by atoms with van der Waals surface area (Å²) in [5, 5.41) is 0. The zero-order chi connectivity index (χ0) is 16.6. The van der Waals surface area contributed by atoms with E-state index >= 15 is 0 Å². The molecule has 1 aliphatic rings. The van der Waals surface area contributed by atoms with Crippen molar-refractivity contribution in [2.24, 2.45) is 0 Å². The van der Waals surface area contributed by atoms with E-state index in [4.69, 9.17) is 4.74 Å². The van der Waals surface area contributed by atoms with Gasteiger partial charge in [-0.1, -0.05) is 60.7 Å². The van der Waals surface area contributed by atoms with E-state index in [0.717, 1.165) is 45.0 Å². The Morgan fingerprint density at radius 1 is 0.875 bits per heavy atom. The first-order valence-electron chi connectivity index (χ1n) is 8.63. The Morgan fingerprint density at radius 3 is 2.29 bits per heavy atom. The molecule has 0 aromatic heterocycles. The molecule has 0 unspecified atom stereocenters. The summed E-state index contributed by atoms with van der Waals surface area (Å²) in [6.45, 7) is 6.45. The summed E-state index contributed by atoms with van der Waals surface area (Å²) >= 11 is 0. The maximum Gasteiger partial charge on any atom is 0.123 e. The summed E-state index contributed by atoms with van der Waals surface area (Å²) in [4.78, 5) is 5.02. The van der Waals surface area contributed by atoms with Gasteiger partial charge in [-0.2, -0.15) is 0 Å². The van der Waals surface area contributed by atoms with Crippen molar-refractivity contribution in [2.45, 2.75) is 6.54 Å². The second kappa shape index (κ2) is 8.67. The van der Waals surface area contributed by atoms with Gasteiger partial charge in [0.1, 0.15) is 5.75 Å². The fraction of sp³-hybridized carbons (Fsp3) is 0.333. The molecule has 1 heterocycles. The van der Waals surface area contributed by atoms with Crippen LogP contribution in [0.3, 0.4) is 0 Å². The molecule has 0 radical (unpaired) electrons. The molecule has 3 heteroatoms. The van der Waals surface area contributed by atoms with Crippen LogP contribution >= 0.6 is 0 Å². The predicted octanol–water partition coefficient (Wildman–Crippen LogP) is 3.53. The average Bonchev–Trinajstić information content (AvgIpc) is 2.64. The normalized spacial score (nSPS) is 16.5. The largest absolute Gasteiger partial charge is 0.496 e. The Balaban J connectivity index is 1.45. The molecule has 0 saturated carbocycles. The fourth-order valence-corrected chi connectivity index (χ4v) is 3.11. The second-order valence-electron chi connectivity index (χ2n) is 6.20. The lowest BCUT2D eigenvalue weighted by atomic mass is 10.1. The highest BCUT2D eigenvalue weighted by atomic mass is 16.5. The Kier molecular flexibility index (Phi) is 6.05. The van der Waals surface area contributed by atoms with Gasteiger partial charge < -0.3 is 4.74 Å². The van der Waals surface area contributed by atoms with E-state index in [0.29, 0.717) is 0 Å². The lowest BCUT2D eigenvalue weighted by Crippen LogP contribution is -2.45. The molecule has 0 amide bonds. The highest BCUT2D eigenvalue weighted by Gasteiger charge is 2.17. The minimum absolute atomic E-state index is 0.970. The van der Waals surface area contributed by atoms with Gasteiger partial charge in [0.15, 0.2) is 0 Å². The van der Waals surface area contributed by atoms with Gasteiger partial charge in [0.05, 0.1) is 7.11 Å². The molecule has 2 aromatic carbocycles. The second-order valence-corrected chi connectivity index (χ2v) is 6.20. The number of piperazine rings is 1. The molecule has 1 saturated heterocycles. The minimum Gasteiger partial charge on any atom is -0.496 e. The first-order valence-corrected chi connectivity index (χ1v) is 8.63. The van der Waals surface area contributed by atoms with Crippen molar-refractivity contribution in [1.82, 2.24) is 9.80 Å². The number of hydrogen-bond acceptors (Lipinski definition) is 3. The van der Waals surface area contributed by atoms with E-state index in [1.807, 2.05) is 12.1 Å². The van der Waals surface area contributed by atoms with Crippen molar-refractivity contribution in [2.75, 3.05) is 39.8 Å². The van der Waals surface area contributed by atoms with Crippen LogP contribution in [0.5, 0.6) is 5.75 Å². The highest BCUT2D eigenvalue weighted by Crippen LogP contribution is 2.19. The SMILES string of the molecule is COc1ccccc1CN1CCN(CC=Cc2ccccc2)CC1. The zero-order valence-corrected chi connectivity index (χ0v) is 14.4. The van der Waals surface area contributed by atoms with Crippen molar-refractivity contribution in [1.29, 1.82) is 0 Å². The molecule has 3 nitrogen and oxygen atoms in total. The van der Waals surface area contributed by atoms with Gasteiger partial charge >= 0.3 is 0 Å². The van der Waals surface area contributed by atoms with Crippen molar-refractivity contribution < 1.29 is 4.74 Å². The van der Waals surface area contributed by atoms with Crippen LogP contribution in [0.1, 0.15) is 11.1 Å². The molecular formula is C21H26N2O. The van der Waals surface area contributed by atoms with Crippen molar-refractivity contribution in [3.8, 4) is 5.75 Å². The van der Waals surface area contributed by atoms with Crippen molar-refractivity contribution in [3.63, 3.8) is 0 Å². The van der Waals surface area contributed by atoms with Crippen LogP contribution in [0, 0.1) is 0 Å². The van der Waals surface area contributed by atoms with E-state index in [9.17, 15) is 0 Å². The lowest BCUT2D eigenvalue weighted by Gasteiger charge is -2.34. The molecule has 24 heavy (non-hydrogen) atoms. The standard InChI is InChI=1S/C21H26N2O/c1-24-21-12-6-5-11-20(21)18-23-16-14-22(15-17-23)13-7-10-19-8-3-2-4-9-19/h2-12H,13-18H2,1H3. The molecule has 3 rings (SSSR count). The number of rotatable bonds is 6. The smallest absolute Gasteiger partial charge is 0.123 e. The predicted molar refractivity (Wildman–Crippen MR) is 100 cm³/mol. The van der Waals surface area contributed by atoms with E-state index < -0.39 is 0 Å². The topological polar surface area (TPSA) is 15.7 Å². The summed E-state index contributed by atoms with van der Waals surface area (Å²) < 4.78 is 5.46. The molecule has 2 aromatic rings. The summed E-state index contributed by atoms with van der Waals surface area (Å²) in [7, 11) is 1.75. The first kappa shape index (κ1) is 16.7. The maximum absolute atomic E-state index is 5.46. The number of benzene rings is 2. The molecule has 1 aliphatic heterocycles. The third-order valence-corrected chi connectivity index (χ3v) is 4.52. The van der Waals surface area contributed by atoms with Crippen LogP contribution in [-0.4, -0.2) is 49.6 Å². The Morgan fingerprint density at radius 2 is 1.54 bits per heavy atom. The Hall–Kier alpha value is -2.10. The van der Waals surface area contributed by atoms with Crippen LogP contribution in [0.15, 0.2) is 60.7 Å². The Labute approximate surface area is 145 Å². The number of methoxy groups -OCH3 is 1. The molecule has 0 spiro atoms. The molecular weight excluding hydrogens is 296 g/mol. The van der Waals surface area contributed by atoms with Gasteiger partial charge in [-0.15, -0.1) is 0 Å². The summed E-state index contributed by atoms with van der Waals surface area (Å²) in [5.41, 5.74) is 2.55. The number of ether oxygens (including phenoxy) is 1. The molecule has 0 N–H and O–H groups in total. The molecule has 0 atom stereocenters. The molecule has 0 bridgehead atoms. The third kappa shape index (κ3) is 4.70. The van der Waals surface area contributed by atoms with E-state index in [1.54, 1.807) is 7.11 Å².